The average molecular weight is 264 g/mol. The number of phenolic OH excluding ortho intramolecular Hbond substituents is 2. The third-order valence-corrected chi connectivity index (χ3v) is 1.74. The second-order valence-corrected chi connectivity index (χ2v) is 3.60. The van der Waals surface area contributed by atoms with Gasteiger partial charge in [0.05, 0.1) is 0 Å². The van der Waals surface area contributed by atoms with Crippen LogP contribution in [0.15, 0.2) is 48.5 Å². The van der Waals surface area contributed by atoms with Crippen molar-refractivity contribution in [2.75, 3.05) is 25.7 Å². The molecule has 5 heteroatoms. The molecule has 5 nitrogen and oxygen atoms in total. The third-order valence-electron chi connectivity index (χ3n) is 1.74. The number of benzene rings is 2. The zero-order valence-electron chi connectivity index (χ0n) is 11.1. The summed E-state index contributed by atoms with van der Waals surface area (Å²) in [6, 6.07) is 13.0. The van der Waals surface area contributed by atoms with Crippen molar-refractivity contribution in [3.8, 4) is 11.5 Å². The Balaban J connectivity index is 0.000000284. The molecular weight excluding hydrogens is 244 g/mol. The van der Waals surface area contributed by atoms with Gasteiger partial charge in [0.1, 0.15) is 11.5 Å². The topological polar surface area (TPSA) is 102 Å². The summed E-state index contributed by atoms with van der Waals surface area (Å²) in [4.78, 5) is 0. The Morgan fingerprint density at radius 1 is 0.789 bits per heavy atom. The molecule has 0 saturated heterocycles. The lowest BCUT2D eigenvalue weighted by molar-refractivity contribution is 0.277. The number of nitrogens with two attached hydrogens (primary N) is 2. The van der Waals surface area contributed by atoms with Crippen LogP contribution in [0.1, 0.15) is 0 Å². The first-order valence-electron chi connectivity index (χ1n) is 5.48. The highest BCUT2D eigenvalue weighted by Crippen LogP contribution is 2.14. The smallest absolute Gasteiger partial charge is 0.119 e. The van der Waals surface area contributed by atoms with Crippen LogP contribution in [0.25, 0.3) is 0 Å². The zero-order chi connectivity index (χ0) is 14.7. The van der Waals surface area contributed by atoms with E-state index < -0.39 is 0 Å². The van der Waals surface area contributed by atoms with Crippen LogP contribution >= 0.6 is 0 Å². The van der Waals surface area contributed by atoms with Gasteiger partial charge in [0.2, 0.25) is 0 Å². The maximum Gasteiger partial charge on any atom is 0.119 e. The summed E-state index contributed by atoms with van der Waals surface area (Å²) in [6.07, 6.45) is 0. The number of phenols is 2. The Kier molecular flexibility index (Phi) is 8.40. The van der Waals surface area contributed by atoms with Gasteiger partial charge in [0.15, 0.2) is 0 Å². The molecule has 0 unspecified atom stereocenters. The van der Waals surface area contributed by atoms with E-state index in [1.54, 1.807) is 38.5 Å². The lowest BCUT2D eigenvalue weighted by Gasteiger charge is -1.91. The van der Waals surface area contributed by atoms with Crippen molar-refractivity contribution in [1.82, 2.24) is 0 Å². The average Bonchev–Trinajstić information content (AvgIpc) is 2.30. The minimum absolute atomic E-state index is 0.0880. The first-order chi connectivity index (χ1) is 8.99. The number of hydrogen-bond donors (Lipinski definition) is 4. The lowest BCUT2D eigenvalue weighted by Crippen LogP contribution is -1.87. The molecule has 0 bridgehead atoms. The molecule has 104 valence electrons. The van der Waals surface area contributed by atoms with Gasteiger partial charge < -0.3 is 26.4 Å². The van der Waals surface area contributed by atoms with Gasteiger partial charge in [0.25, 0.3) is 0 Å². The van der Waals surface area contributed by atoms with Crippen LogP contribution in [0.3, 0.4) is 0 Å². The predicted molar refractivity (Wildman–Crippen MR) is 78.0 cm³/mol. The van der Waals surface area contributed by atoms with Crippen LogP contribution in [-0.4, -0.2) is 24.4 Å². The Hall–Kier alpha value is -2.40. The van der Waals surface area contributed by atoms with Crippen molar-refractivity contribution >= 4 is 11.4 Å². The van der Waals surface area contributed by atoms with Crippen LogP contribution in [0.2, 0.25) is 0 Å². The molecule has 0 aromatic heterocycles. The highest BCUT2D eigenvalue weighted by atomic mass is 16.4. The van der Waals surface area contributed by atoms with Crippen molar-refractivity contribution in [2.45, 2.75) is 0 Å². The van der Waals surface area contributed by atoms with E-state index in [2.05, 4.69) is 4.74 Å². The van der Waals surface area contributed by atoms with Crippen LogP contribution < -0.4 is 11.5 Å². The zero-order valence-corrected chi connectivity index (χ0v) is 11.1. The molecule has 6 N–H and O–H groups in total. The minimum Gasteiger partial charge on any atom is -0.508 e. The van der Waals surface area contributed by atoms with Gasteiger partial charge in [-0.2, -0.15) is 0 Å². The molecule has 0 fully saturated rings. The molecule has 2 rings (SSSR count). The monoisotopic (exact) mass is 264 g/mol. The lowest BCUT2D eigenvalue weighted by atomic mass is 10.3. The first-order valence-corrected chi connectivity index (χ1v) is 5.48. The minimum atomic E-state index is 0.0880. The summed E-state index contributed by atoms with van der Waals surface area (Å²) in [6.45, 7) is 0. The van der Waals surface area contributed by atoms with Crippen LogP contribution in [0, 0.1) is 0 Å². The Bertz CT molecular complexity index is 398. The molecule has 0 aliphatic heterocycles. The van der Waals surface area contributed by atoms with Crippen molar-refractivity contribution in [3.05, 3.63) is 48.5 Å². The second kappa shape index (κ2) is 9.61. The molecule has 19 heavy (non-hydrogen) atoms. The van der Waals surface area contributed by atoms with Gasteiger partial charge >= 0.3 is 0 Å². The number of methoxy groups -OCH3 is 1. The predicted octanol–water partition coefficient (Wildman–Crippen LogP) is 2.21. The fourth-order valence-corrected chi connectivity index (χ4v) is 1.05. The van der Waals surface area contributed by atoms with E-state index in [1.165, 1.54) is 18.2 Å². The van der Waals surface area contributed by atoms with E-state index >= 15 is 0 Å². The van der Waals surface area contributed by atoms with E-state index in [-0.39, 0.29) is 11.5 Å². The van der Waals surface area contributed by atoms with E-state index in [9.17, 15) is 0 Å². The first kappa shape index (κ1) is 16.6. The van der Waals surface area contributed by atoms with Crippen molar-refractivity contribution in [1.29, 1.82) is 0 Å². The van der Waals surface area contributed by atoms with E-state index in [0.717, 1.165) is 0 Å². The maximum absolute atomic E-state index is 8.65. The fourth-order valence-electron chi connectivity index (χ4n) is 1.05. The van der Waals surface area contributed by atoms with Gasteiger partial charge in [-0.05, 0) is 30.3 Å². The number of rotatable bonds is 0. The highest BCUT2D eigenvalue weighted by molar-refractivity contribution is 5.50. The molecule has 0 radical (unpaired) electrons. The largest absolute Gasteiger partial charge is 0.508 e. The molecule has 0 aliphatic rings. The maximum atomic E-state index is 8.65. The van der Waals surface area contributed by atoms with Crippen LogP contribution in [0.5, 0.6) is 11.5 Å². The second-order valence-electron chi connectivity index (χ2n) is 3.60. The highest BCUT2D eigenvalue weighted by Gasteiger charge is 1.85. The van der Waals surface area contributed by atoms with Crippen LogP contribution in [-0.2, 0) is 4.74 Å². The molecule has 0 amide bonds. The van der Waals surface area contributed by atoms with E-state index in [0.29, 0.717) is 11.4 Å². The molecule has 0 aliphatic carbocycles. The van der Waals surface area contributed by atoms with Crippen molar-refractivity contribution in [2.24, 2.45) is 0 Å². The number of hydrogen-bond acceptors (Lipinski definition) is 5. The van der Waals surface area contributed by atoms with E-state index in [4.69, 9.17) is 21.7 Å². The number of ether oxygens (including phenoxy) is 1. The Morgan fingerprint density at radius 3 is 1.37 bits per heavy atom. The third kappa shape index (κ3) is 9.31. The molecule has 2 aromatic carbocycles. The quantitative estimate of drug-likeness (QED) is 0.546. The Labute approximate surface area is 113 Å². The number of nitrogen functional groups attached to an aromatic ring is 2. The summed E-state index contributed by atoms with van der Waals surface area (Å²) in [5.74, 6) is 0.176. The standard InChI is InChI=1S/C6H8N2.C6H6O2.C2H6O/c2*7-5-2-1-3-6(8)4-5;1-3-2/h1-4H,7-8H2;1-4,7-8H;1-2H3. The van der Waals surface area contributed by atoms with Gasteiger partial charge in [-0.1, -0.05) is 12.1 Å². The molecule has 0 spiro atoms. The molecule has 0 saturated carbocycles. The molecule has 0 atom stereocenters. The normalized spacial score (nSPS) is 8.53. The van der Waals surface area contributed by atoms with Crippen LogP contribution in [0.4, 0.5) is 11.4 Å². The summed E-state index contributed by atoms with van der Waals surface area (Å²) < 4.78 is 4.25. The van der Waals surface area contributed by atoms with Crippen molar-refractivity contribution < 1.29 is 14.9 Å². The Morgan fingerprint density at radius 2 is 1.16 bits per heavy atom. The molecule has 2 aromatic rings. The summed E-state index contributed by atoms with van der Waals surface area (Å²) in [7, 11) is 3.25. The SMILES string of the molecule is COC.Nc1cccc(N)c1.Oc1cccc(O)c1. The molecule has 0 heterocycles. The van der Waals surface area contributed by atoms with E-state index in [1.807, 2.05) is 6.07 Å². The number of anilines is 2. The summed E-state index contributed by atoms with van der Waals surface area (Å²) in [5, 5.41) is 17.3. The summed E-state index contributed by atoms with van der Waals surface area (Å²) in [5.41, 5.74) is 12.2. The van der Waals surface area contributed by atoms with Crippen molar-refractivity contribution in [3.63, 3.8) is 0 Å². The van der Waals surface area contributed by atoms with Gasteiger partial charge in [0, 0.05) is 31.7 Å². The van der Waals surface area contributed by atoms with Gasteiger partial charge in [-0.3, -0.25) is 0 Å². The molecular formula is C14H20N2O3. The summed E-state index contributed by atoms with van der Waals surface area (Å²) >= 11 is 0. The fraction of sp³-hybridized carbons (Fsp3) is 0.143. The number of aromatic hydroxyl groups is 2. The van der Waals surface area contributed by atoms with Gasteiger partial charge in [-0.25, -0.2) is 0 Å². The van der Waals surface area contributed by atoms with Gasteiger partial charge in [-0.15, -0.1) is 0 Å².